The summed E-state index contributed by atoms with van der Waals surface area (Å²) < 4.78 is 5.38. The number of hydrogen-bond donors (Lipinski definition) is 0. The Bertz CT molecular complexity index is 738. The maximum Gasteiger partial charge on any atom is 0.119 e. The van der Waals surface area contributed by atoms with Crippen LogP contribution < -0.4 is 9.64 Å². The topological polar surface area (TPSA) is 24.8 Å². The van der Waals surface area contributed by atoms with Gasteiger partial charge in [-0.05, 0) is 36.2 Å². The summed E-state index contributed by atoms with van der Waals surface area (Å²) in [5.41, 5.74) is 5.77. The van der Waals surface area contributed by atoms with E-state index in [1.54, 1.807) is 7.11 Å². The highest BCUT2D eigenvalue weighted by molar-refractivity contribution is 6.18. The van der Waals surface area contributed by atoms with E-state index in [1.165, 1.54) is 5.56 Å². The summed E-state index contributed by atoms with van der Waals surface area (Å²) in [5.74, 6) is 2.03. The van der Waals surface area contributed by atoms with Gasteiger partial charge in [-0.25, -0.2) is 0 Å². The van der Waals surface area contributed by atoms with Crippen molar-refractivity contribution in [2.24, 2.45) is 4.99 Å². The first-order valence-electron chi connectivity index (χ1n) is 8.46. The zero-order valence-corrected chi connectivity index (χ0v) is 15.9. The first-order chi connectivity index (χ1) is 12.3. The van der Waals surface area contributed by atoms with E-state index < -0.39 is 0 Å². The third kappa shape index (κ3) is 4.10. The van der Waals surface area contributed by atoms with Gasteiger partial charge in [0.25, 0.3) is 0 Å². The minimum atomic E-state index is 0.582. The Morgan fingerprint density at radius 2 is 1.76 bits per heavy atom. The number of fused-ring (bicyclic) bond motifs is 1. The van der Waals surface area contributed by atoms with E-state index in [9.17, 15) is 0 Å². The van der Waals surface area contributed by atoms with Crippen LogP contribution in [0.15, 0.2) is 47.5 Å². The average Bonchev–Trinajstić information content (AvgIpc) is 2.67. The highest BCUT2D eigenvalue weighted by Crippen LogP contribution is 2.26. The molecule has 0 saturated heterocycles. The summed E-state index contributed by atoms with van der Waals surface area (Å²) in [6.45, 7) is 2.39. The molecule has 0 radical (unpaired) electrons. The van der Waals surface area contributed by atoms with Crippen LogP contribution in [0.3, 0.4) is 0 Å². The fraction of sp³-hybridized carbons (Fsp3) is 0.350. The van der Waals surface area contributed by atoms with E-state index in [0.29, 0.717) is 11.8 Å². The van der Waals surface area contributed by atoms with Gasteiger partial charge in [0.15, 0.2) is 0 Å². The Kier molecular flexibility index (Phi) is 6.22. The predicted molar refractivity (Wildman–Crippen MR) is 107 cm³/mol. The zero-order chi connectivity index (χ0) is 17.6. The van der Waals surface area contributed by atoms with E-state index in [-0.39, 0.29) is 0 Å². The van der Waals surface area contributed by atoms with Crippen molar-refractivity contribution in [2.75, 3.05) is 43.4 Å². The zero-order valence-electron chi connectivity index (χ0n) is 14.3. The molecule has 0 unspecified atom stereocenters. The van der Waals surface area contributed by atoms with E-state index >= 15 is 0 Å². The predicted octanol–water partition coefficient (Wildman–Crippen LogP) is 4.37. The third-order valence-corrected chi connectivity index (χ3v) is 4.78. The lowest BCUT2D eigenvalue weighted by molar-refractivity contribution is 0.414. The number of ether oxygens (including phenoxy) is 1. The van der Waals surface area contributed by atoms with Gasteiger partial charge in [0.05, 0.1) is 12.8 Å². The molecule has 2 aromatic rings. The highest BCUT2D eigenvalue weighted by atomic mass is 35.5. The molecule has 0 atom stereocenters. The molecule has 0 N–H and O–H groups in total. The summed E-state index contributed by atoms with van der Waals surface area (Å²) in [7, 11) is 1.69. The fourth-order valence-electron chi connectivity index (χ4n) is 3.15. The summed E-state index contributed by atoms with van der Waals surface area (Å²) in [5, 5.41) is 0. The van der Waals surface area contributed by atoms with Gasteiger partial charge in [-0.15, -0.1) is 23.2 Å². The number of aliphatic imine (C=N–C) groups is 1. The molecule has 5 heteroatoms. The molecule has 3 rings (SSSR count). The van der Waals surface area contributed by atoms with Gasteiger partial charge >= 0.3 is 0 Å². The second-order valence-electron chi connectivity index (χ2n) is 5.92. The first-order valence-corrected chi connectivity index (χ1v) is 9.52. The Labute approximate surface area is 159 Å². The van der Waals surface area contributed by atoms with Crippen molar-refractivity contribution in [3.63, 3.8) is 0 Å². The lowest BCUT2D eigenvalue weighted by Gasteiger charge is -2.23. The number of alkyl halides is 2. The molecular formula is C20H22Cl2N2O. The molecule has 0 amide bonds. The van der Waals surface area contributed by atoms with Gasteiger partial charge in [-0.3, -0.25) is 4.99 Å². The van der Waals surface area contributed by atoms with Gasteiger partial charge < -0.3 is 9.64 Å². The lowest BCUT2D eigenvalue weighted by atomic mass is 9.93. The van der Waals surface area contributed by atoms with Crippen molar-refractivity contribution in [3.8, 4) is 5.75 Å². The van der Waals surface area contributed by atoms with Crippen molar-refractivity contribution in [1.29, 1.82) is 0 Å². The molecule has 3 nitrogen and oxygen atoms in total. The quantitative estimate of drug-likeness (QED) is 0.670. The minimum Gasteiger partial charge on any atom is -0.497 e. The van der Waals surface area contributed by atoms with Crippen LogP contribution >= 0.6 is 23.2 Å². The van der Waals surface area contributed by atoms with Crippen LogP contribution in [0.4, 0.5) is 5.69 Å². The Morgan fingerprint density at radius 3 is 2.40 bits per heavy atom. The highest BCUT2D eigenvalue weighted by Gasteiger charge is 2.17. The molecule has 132 valence electrons. The average molecular weight is 377 g/mol. The summed E-state index contributed by atoms with van der Waals surface area (Å²) >= 11 is 11.8. The second kappa shape index (κ2) is 8.59. The van der Waals surface area contributed by atoms with Crippen LogP contribution in [0.2, 0.25) is 0 Å². The molecule has 0 fully saturated rings. The van der Waals surface area contributed by atoms with Crippen LogP contribution in [-0.4, -0.2) is 44.2 Å². The molecule has 1 heterocycles. The smallest absolute Gasteiger partial charge is 0.119 e. The number of benzene rings is 2. The molecule has 1 aliphatic heterocycles. The van der Waals surface area contributed by atoms with Gasteiger partial charge in [0.1, 0.15) is 5.75 Å². The van der Waals surface area contributed by atoms with Crippen LogP contribution in [0.1, 0.15) is 16.7 Å². The van der Waals surface area contributed by atoms with Crippen molar-refractivity contribution < 1.29 is 4.74 Å². The molecule has 2 aromatic carbocycles. The van der Waals surface area contributed by atoms with E-state index in [4.69, 9.17) is 32.9 Å². The molecule has 0 bridgehead atoms. The van der Waals surface area contributed by atoms with Crippen molar-refractivity contribution in [3.05, 3.63) is 59.2 Å². The third-order valence-electron chi connectivity index (χ3n) is 4.44. The van der Waals surface area contributed by atoms with Gasteiger partial charge in [-0.1, -0.05) is 18.2 Å². The summed E-state index contributed by atoms with van der Waals surface area (Å²) in [6.07, 6.45) is 0.972. The van der Waals surface area contributed by atoms with Crippen LogP contribution in [-0.2, 0) is 6.42 Å². The number of rotatable bonds is 7. The largest absolute Gasteiger partial charge is 0.497 e. The number of nitrogens with zero attached hydrogens (tertiary/aromatic N) is 2. The van der Waals surface area contributed by atoms with E-state index in [2.05, 4.69) is 41.3 Å². The molecular weight excluding hydrogens is 355 g/mol. The van der Waals surface area contributed by atoms with Crippen molar-refractivity contribution >= 4 is 34.6 Å². The molecule has 1 aliphatic rings. The number of methoxy groups -OCH3 is 1. The Hall–Kier alpha value is -1.71. The SMILES string of the molecule is COc1ccc2c(c1)C(c1ccc(N(CCCl)CCCl)cc1)=NCC2. The molecule has 0 spiro atoms. The van der Waals surface area contributed by atoms with Gasteiger partial charge in [-0.2, -0.15) is 0 Å². The number of hydrogen-bond acceptors (Lipinski definition) is 3. The van der Waals surface area contributed by atoms with Crippen molar-refractivity contribution in [1.82, 2.24) is 0 Å². The van der Waals surface area contributed by atoms with Crippen molar-refractivity contribution in [2.45, 2.75) is 6.42 Å². The number of halogens is 2. The maximum atomic E-state index is 5.90. The summed E-state index contributed by atoms with van der Waals surface area (Å²) in [6, 6.07) is 14.7. The fourth-order valence-corrected chi connectivity index (χ4v) is 3.55. The van der Waals surface area contributed by atoms with Crippen LogP contribution in [0.5, 0.6) is 5.75 Å². The normalized spacial score (nSPS) is 13.2. The standard InChI is InChI=1S/C20H22Cl2N2O/c1-25-18-7-4-15-8-11-23-20(19(15)14-18)16-2-5-17(6-3-16)24(12-9-21)13-10-22/h2-7,14H,8-13H2,1H3. The minimum absolute atomic E-state index is 0.582. The lowest BCUT2D eigenvalue weighted by Crippen LogP contribution is -2.27. The maximum absolute atomic E-state index is 5.90. The van der Waals surface area contributed by atoms with Crippen LogP contribution in [0, 0.1) is 0 Å². The molecule has 0 saturated carbocycles. The Morgan fingerprint density at radius 1 is 1.04 bits per heavy atom. The number of anilines is 1. The van der Waals surface area contributed by atoms with E-state index in [1.807, 2.05) is 6.07 Å². The Balaban J connectivity index is 1.89. The summed E-state index contributed by atoms with van der Waals surface area (Å²) in [4.78, 5) is 6.97. The van der Waals surface area contributed by atoms with Gasteiger partial charge in [0.2, 0.25) is 0 Å². The first kappa shape index (κ1) is 18.1. The molecule has 0 aliphatic carbocycles. The second-order valence-corrected chi connectivity index (χ2v) is 6.67. The van der Waals surface area contributed by atoms with E-state index in [0.717, 1.165) is 54.3 Å². The molecule has 25 heavy (non-hydrogen) atoms. The monoisotopic (exact) mass is 376 g/mol. The van der Waals surface area contributed by atoms with Crippen LogP contribution in [0.25, 0.3) is 0 Å². The molecule has 0 aromatic heterocycles. The van der Waals surface area contributed by atoms with Gasteiger partial charge in [0, 0.05) is 48.2 Å².